The van der Waals surface area contributed by atoms with Crippen LogP contribution in [0, 0.1) is 6.92 Å². The van der Waals surface area contributed by atoms with Crippen molar-refractivity contribution >= 4 is 11.9 Å². The molecular weight excluding hydrogens is 346 g/mol. The maximum Gasteiger partial charge on any atom is 0.339 e. The van der Waals surface area contributed by atoms with Crippen molar-refractivity contribution < 1.29 is 18.8 Å². The summed E-state index contributed by atoms with van der Waals surface area (Å²) in [6.07, 6.45) is 0.633. The minimum Gasteiger partial charge on any atom is -0.453 e. The molecule has 2 aliphatic rings. The van der Waals surface area contributed by atoms with Crippen LogP contribution >= 0.6 is 0 Å². The maximum absolute atomic E-state index is 12.8. The van der Waals surface area contributed by atoms with Crippen LogP contribution in [-0.2, 0) is 16.1 Å². The normalized spacial score (nSPS) is 20.3. The van der Waals surface area contributed by atoms with Crippen LogP contribution in [0.15, 0.2) is 34.9 Å². The van der Waals surface area contributed by atoms with E-state index >= 15 is 0 Å². The van der Waals surface area contributed by atoms with E-state index in [1.54, 1.807) is 6.07 Å². The van der Waals surface area contributed by atoms with E-state index in [0.29, 0.717) is 12.1 Å². The minimum atomic E-state index is -0.473. The Balaban J connectivity index is 1.34. The van der Waals surface area contributed by atoms with Gasteiger partial charge in [0.05, 0.1) is 17.7 Å². The Labute approximate surface area is 157 Å². The van der Waals surface area contributed by atoms with Gasteiger partial charge in [0.1, 0.15) is 11.9 Å². The van der Waals surface area contributed by atoms with Gasteiger partial charge in [0.25, 0.3) is 0 Å². The minimum absolute atomic E-state index is 0.0311. The fourth-order valence-corrected chi connectivity index (χ4v) is 3.76. The smallest absolute Gasteiger partial charge is 0.339 e. The molecule has 1 fully saturated rings. The van der Waals surface area contributed by atoms with Crippen molar-refractivity contribution in [1.29, 1.82) is 0 Å². The molecule has 3 heterocycles. The first kappa shape index (κ1) is 17.7. The highest BCUT2D eigenvalue weighted by Crippen LogP contribution is 2.33. The van der Waals surface area contributed by atoms with Crippen molar-refractivity contribution in [3.05, 3.63) is 52.9 Å². The van der Waals surface area contributed by atoms with Crippen molar-refractivity contribution in [3.8, 4) is 0 Å². The molecule has 0 saturated carbocycles. The summed E-state index contributed by atoms with van der Waals surface area (Å²) in [5.74, 6) is 0.500. The molecule has 1 saturated heterocycles. The Hall–Kier alpha value is -2.67. The third-order valence-electron chi connectivity index (χ3n) is 5.14. The molecule has 0 aliphatic carbocycles. The number of fused-ring (bicyclic) bond motifs is 1. The van der Waals surface area contributed by atoms with Crippen LogP contribution < -0.4 is 0 Å². The van der Waals surface area contributed by atoms with Crippen LogP contribution in [-0.4, -0.2) is 53.0 Å². The van der Waals surface area contributed by atoms with Crippen molar-refractivity contribution in [3.63, 3.8) is 0 Å². The SMILES string of the molecule is Cc1cc(CN2CCCN(C(=O)CC3OC(=O)c4ccccc43)CC2)no1. The van der Waals surface area contributed by atoms with E-state index in [0.717, 1.165) is 49.6 Å². The number of carbonyl (C=O) groups excluding carboxylic acids is 2. The lowest BCUT2D eigenvalue weighted by Crippen LogP contribution is -2.35. The number of benzene rings is 1. The number of amides is 1. The number of hydrogen-bond donors (Lipinski definition) is 0. The highest BCUT2D eigenvalue weighted by Gasteiger charge is 2.33. The van der Waals surface area contributed by atoms with Gasteiger partial charge in [0.15, 0.2) is 0 Å². The molecule has 0 N–H and O–H groups in total. The molecule has 1 aromatic carbocycles. The summed E-state index contributed by atoms with van der Waals surface area (Å²) >= 11 is 0. The standard InChI is InChI=1S/C20H23N3O4/c1-14-11-15(21-27-14)13-22-7-4-8-23(10-9-22)19(24)12-18-16-5-2-3-6-17(16)20(25)26-18/h2-3,5-6,11,18H,4,7-10,12-13H2,1H3. The Morgan fingerprint density at radius 2 is 2.07 bits per heavy atom. The van der Waals surface area contributed by atoms with Crippen LogP contribution in [0.2, 0.25) is 0 Å². The maximum atomic E-state index is 12.8. The second-order valence-electron chi connectivity index (χ2n) is 7.12. The Bertz CT molecular complexity index is 847. The van der Waals surface area contributed by atoms with Crippen molar-refractivity contribution in [1.82, 2.24) is 15.0 Å². The van der Waals surface area contributed by atoms with E-state index in [1.807, 2.05) is 36.1 Å². The molecule has 142 valence electrons. The molecule has 0 radical (unpaired) electrons. The molecule has 4 rings (SSSR count). The molecule has 0 spiro atoms. The molecule has 0 bridgehead atoms. The second-order valence-corrected chi connectivity index (χ2v) is 7.12. The summed E-state index contributed by atoms with van der Waals surface area (Å²) in [4.78, 5) is 28.9. The zero-order chi connectivity index (χ0) is 18.8. The molecule has 2 aliphatic heterocycles. The summed E-state index contributed by atoms with van der Waals surface area (Å²) in [5, 5.41) is 4.05. The number of hydrogen-bond acceptors (Lipinski definition) is 6. The number of rotatable bonds is 4. The Kier molecular flexibility index (Phi) is 4.94. The topological polar surface area (TPSA) is 75.9 Å². The predicted octanol–water partition coefficient (Wildman–Crippen LogP) is 2.32. The van der Waals surface area contributed by atoms with Gasteiger partial charge < -0.3 is 14.2 Å². The van der Waals surface area contributed by atoms with Gasteiger partial charge in [-0.25, -0.2) is 4.79 Å². The van der Waals surface area contributed by atoms with Gasteiger partial charge in [0, 0.05) is 44.4 Å². The van der Waals surface area contributed by atoms with Crippen molar-refractivity contribution in [2.45, 2.75) is 32.4 Å². The lowest BCUT2D eigenvalue weighted by molar-refractivity contribution is -0.133. The summed E-state index contributed by atoms with van der Waals surface area (Å²) in [6, 6.07) is 9.23. The Morgan fingerprint density at radius 3 is 2.89 bits per heavy atom. The molecule has 1 amide bonds. The average molecular weight is 369 g/mol. The predicted molar refractivity (Wildman–Crippen MR) is 96.9 cm³/mol. The largest absolute Gasteiger partial charge is 0.453 e. The molecular formula is C20H23N3O4. The first-order valence-electron chi connectivity index (χ1n) is 9.32. The molecule has 1 aromatic heterocycles. The zero-order valence-corrected chi connectivity index (χ0v) is 15.4. The van der Waals surface area contributed by atoms with Gasteiger partial charge in [-0.1, -0.05) is 23.4 Å². The number of aromatic nitrogens is 1. The van der Waals surface area contributed by atoms with Crippen LogP contribution in [0.1, 0.15) is 46.3 Å². The van der Waals surface area contributed by atoms with Crippen LogP contribution in [0.25, 0.3) is 0 Å². The monoisotopic (exact) mass is 369 g/mol. The van der Waals surface area contributed by atoms with Gasteiger partial charge >= 0.3 is 5.97 Å². The second kappa shape index (κ2) is 7.52. The van der Waals surface area contributed by atoms with Crippen molar-refractivity contribution in [2.75, 3.05) is 26.2 Å². The van der Waals surface area contributed by atoms with Crippen LogP contribution in [0.5, 0.6) is 0 Å². The van der Waals surface area contributed by atoms with Gasteiger partial charge in [-0.3, -0.25) is 9.69 Å². The molecule has 2 aromatic rings. The summed E-state index contributed by atoms with van der Waals surface area (Å²) in [5.41, 5.74) is 2.30. The summed E-state index contributed by atoms with van der Waals surface area (Å²) in [7, 11) is 0. The number of aryl methyl sites for hydroxylation is 1. The number of carbonyl (C=O) groups is 2. The number of cyclic esters (lactones) is 1. The van der Waals surface area contributed by atoms with E-state index in [9.17, 15) is 9.59 Å². The summed E-state index contributed by atoms with van der Waals surface area (Å²) < 4.78 is 10.5. The number of esters is 1. The van der Waals surface area contributed by atoms with Crippen LogP contribution in [0.3, 0.4) is 0 Å². The van der Waals surface area contributed by atoms with Gasteiger partial charge in [-0.15, -0.1) is 0 Å². The first-order chi connectivity index (χ1) is 13.1. The van der Waals surface area contributed by atoms with E-state index in [2.05, 4.69) is 10.1 Å². The lowest BCUT2D eigenvalue weighted by atomic mass is 10.0. The van der Waals surface area contributed by atoms with Crippen LogP contribution in [0.4, 0.5) is 0 Å². The van der Waals surface area contributed by atoms with E-state index in [1.165, 1.54) is 0 Å². The third-order valence-corrected chi connectivity index (χ3v) is 5.14. The third kappa shape index (κ3) is 3.88. The first-order valence-corrected chi connectivity index (χ1v) is 9.32. The molecule has 7 heteroatoms. The van der Waals surface area contributed by atoms with Gasteiger partial charge in [0.2, 0.25) is 5.91 Å². The van der Waals surface area contributed by atoms with E-state index < -0.39 is 6.10 Å². The fourth-order valence-electron chi connectivity index (χ4n) is 3.76. The van der Waals surface area contributed by atoms with E-state index in [-0.39, 0.29) is 18.3 Å². The molecule has 27 heavy (non-hydrogen) atoms. The lowest BCUT2D eigenvalue weighted by Gasteiger charge is -2.22. The van der Waals surface area contributed by atoms with Gasteiger partial charge in [-0.05, 0) is 19.4 Å². The molecule has 7 nitrogen and oxygen atoms in total. The number of nitrogens with zero attached hydrogens (tertiary/aromatic N) is 3. The highest BCUT2D eigenvalue weighted by molar-refractivity contribution is 5.94. The molecule has 1 unspecified atom stereocenters. The van der Waals surface area contributed by atoms with Crippen molar-refractivity contribution in [2.24, 2.45) is 0 Å². The highest BCUT2D eigenvalue weighted by atomic mass is 16.5. The zero-order valence-electron chi connectivity index (χ0n) is 15.4. The fraction of sp³-hybridized carbons (Fsp3) is 0.450. The average Bonchev–Trinajstić information content (AvgIpc) is 3.10. The summed E-state index contributed by atoms with van der Waals surface area (Å²) in [6.45, 7) is 5.70. The van der Waals surface area contributed by atoms with Gasteiger partial charge in [-0.2, -0.15) is 0 Å². The van der Waals surface area contributed by atoms with E-state index in [4.69, 9.17) is 9.26 Å². The number of ether oxygens (including phenoxy) is 1. The Morgan fingerprint density at radius 1 is 1.22 bits per heavy atom. The quantitative estimate of drug-likeness (QED) is 0.770. The molecule has 1 atom stereocenters.